The summed E-state index contributed by atoms with van der Waals surface area (Å²) in [6, 6.07) is 26.5. The SMILES string of the molecule is OCCCOC1c2ccccc2-c2ccc3c4c(ccc1c24)Cc1ccccc1-3. The van der Waals surface area contributed by atoms with Crippen LogP contribution in [0.25, 0.3) is 33.0 Å². The maximum atomic E-state index is 9.23. The van der Waals surface area contributed by atoms with E-state index in [4.69, 9.17) is 4.74 Å². The van der Waals surface area contributed by atoms with Crippen molar-refractivity contribution in [2.24, 2.45) is 0 Å². The lowest BCUT2D eigenvalue weighted by atomic mass is 9.75. The number of rotatable bonds is 4. The molecular weight excluding hydrogens is 356 g/mol. The number of aliphatic hydroxyl groups is 1. The van der Waals surface area contributed by atoms with E-state index in [1.54, 1.807) is 0 Å². The Kier molecular flexibility index (Phi) is 3.83. The van der Waals surface area contributed by atoms with Gasteiger partial charge in [0.1, 0.15) is 6.10 Å². The Labute approximate surface area is 170 Å². The van der Waals surface area contributed by atoms with E-state index in [9.17, 15) is 5.11 Å². The molecule has 0 aromatic heterocycles. The molecule has 4 aromatic rings. The van der Waals surface area contributed by atoms with Gasteiger partial charge in [-0.3, -0.25) is 0 Å². The molecule has 29 heavy (non-hydrogen) atoms. The van der Waals surface area contributed by atoms with Gasteiger partial charge < -0.3 is 9.84 Å². The number of benzene rings is 4. The Balaban J connectivity index is 1.66. The summed E-state index contributed by atoms with van der Waals surface area (Å²) >= 11 is 0. The maximum absolute atomic E-state index is 9.23. The van der Waals surface area contributed by atoms with Crippen molar-refractivity contribution in [2.45, 2.75) is 18.9 Å². The first-order valence-corrected chi connectivity index (χ1v) is 10.4. The van der Waals surface area contributed by atoms with Crippen molar-refractivity contribution >= 4 is 10.8 Å². The molecule has 0 saturated carbocycles. The van der Waals surface area contributed by atoms with Crippen molar-refractivity contribution in [3.8, 4) is 22.3 Å². The van der Waals surface area contributed by atoms with E-state index in [2.05, 4.69) is 72.8 Å². The van der Waals surface area contributed by atoms with Crippen LogP contribution in [0.15, 0.2) is 72.8 Å². The standard InChI is InChI=1S/C27H22O2/c28-14-5-15-29-27-23-9-4-3-8-20(23)22-13-12-21-19-7-2-1-6-17(19)16-18-10-11-24(27)26(22)25(18)21/h1-4,6-13,27-28H,5,14-16H2. The zero-order valence-corrected chi connectivity index (χ0v) is 16.2. The Hall–Kier alpha value is -2.94. The van der Waals surface area contributed by atoms with E-state index in [1.165, 1.54) is 55.3 Å². The fraction of sp³-hybridized carbons (Fsp3) is 0.185. The van der Waals surface area contributed by atoms with Crippen molar-refractivity contribution in [1.82, 2.24) is 0 Å². The molecule has 2 nitrogen and oxygen atoms in total. The van der Waals surface area contributed by atoms with Crippen molar-refractivity contribution < 1.29 is 9.84 Å². The predicted molar refractivity (Wildman–Crippen MR) is 117 cm³/mol. The molecule has 0 heterocycles. The first kappa shape index (κ1) is 17.0. The van der Waals surface area contributed by atoms with Gasteiger partial charge in [-0.15, -0.1) is 0 Å². The predicted octanol–water partition coefficient (Wildman–Crippen LogP) is 5.88. The van der Waals surface area contributed by atoms with Gasteiger partial charge in [0.05, 0.1) is 6.61 Å². The van der Waals surface area contributed by atoms with Gasteiger partial charge in [0.15, 0.2) is 0 Å². The Morgan fingerprint density at radius 1 is 0.690 bits per heavy atom. The van der Waals surface area contributed by atoms with Crippen LogP contribution in [0.5, 0.6) is 0 Å². The summed E-state index contributed by atoms with van der Waals surface area (Å²) in [5, 5.41) is 11.9. The lowest BCUT2D eigenvalue weighted by molar-refractivity contribution is 0.0691. The summed E-state index contributed by atoms with van der Waals surface area (Å²) < 4.78 is 6.34. The van der Waals surface area contributed by atoms with Crippen LogP contribution in [0.1, 0.15) is 34.8 Å². The topological polar surface area (TPSA) is 29.5 Å². The molecule has 2 heteroatoms. The van der Waals surface area contributed by atoms with Crippen molar-refractivity contribution in [1.29, 1.82) is 0 Å². The molecular formula is C27H22O2. The highest BCUT2D eigenvalue weighted by atomic mass is 16.5. The molecule has 4 aromatic carbocycles. The van der Waals surface area contributed by atoms with Crippen molar-refractivity contribution in [3.05, 3.63) is 95.1 Å². The molecule has 1 N–H and O–H groups in total. The average Bonchev–Trinajstić information content (AvgIpc) is 2.78. The molecule has 0 bridgehead atoms. The van der Waals surface area contributed by atoms with Crippen molar-refractivity contribution in [3.63, 3.8) is 0 Å². The summed E-state index contributed by atoms with van der Waals surface area (Å²) in [5.41, 5.74) is 10.5. The van der Waals surface area contributed by atoms with Crippen LogP contribution < -0.4 is 0 Å². The summed E-state index contributed by atoms with van der Waals surface area (Å²) in [6.45, 7) is 0.705. The molecule has 1 atom stereocenters. The molecule has 2 aliphatic carbocycles. The van der Waals surface area contributed by atoms with Crippen LogP contribution in [-0.2, 0) is 11.2 Å². The van der Waals surface area contributed by atoms with Gasteiger partial charge in [-0.1, -0.05) is 72.8 Å². The second kappa shape index (κ2) is 6.55. The van der Waals surface area contributed by atoms with E-state index in [-0.39, 0.29) is 12.7 Å². The minimum absolute atomic E-state index is 0.0910. The van der Waals surface area contributed by atoms with Gasteiger partial charge in [-0.2, -0.15) is 0 Å². The fourth-order valence-electron chi connectivity index (χ4n) is 5.13. The average molecular weight is 378 g/mol. The molecule has 142 valence electrons. The van der Waals surface area contributed by atoms with E-state index in [0.29, 0.717) is 13.0 Å². The zero-order valence-electron chi connectivity index (χ0n) is 16.2. The number of hydrogen-bond acceptors (Lipinski definition) is 2. The molecule has 0 saturated heterocycles. The molecule has 0 amide bonds. The monoisotopic (exact) mass is 378 g/mol. The number of hydrogen-bond donors (Lipinski definition) is 1. The van der Waals surface area contributed by atoms with Crippen LogP contribution in [0.2, 0.25) is 0 Å². The Morgan fingerprint density at radius 3 is 2.31 bits per heavy atom. The van der Waals surface area contributed by atoms with E-state index < -0.39 is 0 Å². The summed E-state index contributed by atoms with van der Waals surface area (Å²) in [5.74, 6) is 0. The summed E-state index contributed by atoms with van der Waals surface area (Å²) in [7, 11) is 0. The number of fused-ring (bicyclic) bond motifs is 4. The maximum Gasteiger partial charge on any atom is 0.109 e. The van der Waals surface area contributed by atoms with E-state index >= 15 is 0 Å². The molecule has 0 aliphatic heterocycles. The summed E-state index contributed by atoms with van der Waals surface area (Å²) in [4.78, 5) is 0. The van der Waals surface area contributed by atoms with Gasteiger partial charge in [-0.25, -0.2) is 0 Å². The Bertz CT molecular complexity index is 1250. The first-order valence-electron chi connectivity index (χ1n) is 10.4. The Morgan fingerprint density at radius 2 is 1.45 bits per heavy atom. The smallest absolute Gasteiger partial charge is 0.109 e. The normalized spacial score (nSPS) is 15.8. The van der Waals surface area contributed by atoms with Crippen molar-refractivity contribution in [2.75, 3.05) is 13.2 Å². The van der Waals surface area contributed by atoms with Crippen LogP contribution in [0, 0.1) is 0 Å². The minimum atomic E-state index is -0.0910. The lowest BCUT2D eigenvalue weighted by Crippen LogP contribution is -2.15. The number of aliphatic hydroxyl groups excluding tert-OH is 1. The fourth-order valence-corrected chi connectivity index (χ4v) is 5.13. The molecule has 2 aliphatic rings. The highest BCUT2D eigenvalue weighted by Gasteiger charge is 2.30. The zero-order chi connectivity index (χ0) is 19.4. The molecule has 6 rings (SSSR count). The van der Waals surface area contributed by atoms with E-state index in [0.717, 1.165) is 6.42 Å². The first-order chi connectivity index (χ1) is 14.4. The largest absolute Gasteiger partial charge is 0.396 e. The highest BCUT2D eigenvalue weighted by Crippen LogP contribution is 2.50. The van der Waals surface area contributed by atoms with E-state index in [1.807, 2.05) is 0 Å². The minimum Gasteiger partial charge on any atom is -0.396 e. The second-order valence-electron chi connectivity index (χ2n) is 7.97. The third-order valence-corrected chi connectivity index (χ3v) is 6.37. The number of ether oxygens (including phenoxy) is 1. The van der Waals surface area contributed by atoms with Gasteiger partial charge in [-0.05, 0) is 68.1 Å². The highest BCUT2D eigenvalue weighted by molar-refractivity contribution is 6.11. The molecule has 0 fully saturated rings. The van der Waals surface area contributed by atoms with Gasteiger partial charge in [0.25, 0.3) is 0 Å². The van der Waals surface area contributed by atoms with Gasteiger partial charge in [0, 0.05) is 6.61 Å². The molecule has 0 spiro atoms. The van der Waals surface area contributed by atoms with Crippen LogP contribution in [0.4, 0.5) is 0 Å². The quantitative estimate of drug-likeness (QED) is 0.396. The van der Waals surface area contributed by atoms with Gasteiger partial charge >= 0.3 is 0 Å². The third-order valence-electron chi connectivity index (χ3n) is 6.37. The molecule has 0 radical (unpaired) electrons. The summed E-state index contributed by atoms with van der Waals surface area (Å²) in [6.07, 6.45) is 1.54. The van der Waals surface area contributed by atoms with Gasteiger partial charge in [0.2, 0.25) is 0 Å². The van der Waals surface area contributed by atoms with Crippen LogP contribution >= 0.6 is 0 Å². The van der Waals surface area contributed by atoms with Crippen LogP contribution in [-0.4, -0.2) is 18.3 Å². The lowest BCUT2D eigenvalue weighted by Gasteiger charge is -2.32. The second-order valence-corrected chi connectivity index (χ2v) is 7.97. The van der Waals surface area contributed by atoms with Crippen LogP contribution in [0.3, 0.4) is 0 Å². The molecule has 1 unspecified atom stereocenters. The third kappa shape index (κ3) is 2.43.